The van der Waals surface area contributed by atoms with E-state index in [1.54, 1.807) is 0 Å². The number of amidine groups is 1. The molecule has 0 aliphatic rings. The van der Waals surface area contributed by atoms with Gasteiger partial charge >= 0.3 is 0 Å². The predicted molar refractivity (Wildman–Crippen MR) is 61.1 cm³/mol. The van der Waals surface area contributed by atoms with Crippen molar-refractivity contribution in [1.82, 2.24) is 9.55 Å². The molecule has 1 aromatic heterocycles. The maximum Gasteiger partial charge on any atom is 0.122 e. The smallest absolute Gasteiger partial charge is 0.122 e. The molecule has 0 unspecified atom stereocenters. The Morgan fingerprint density at radius 2 is 2.20 bits per heavy atom. The Morgan fingerprint density at radius 1 is 1.47 bits per heavy atom. The van der Waals surface area contributed by atoms with E-state index in [9.17, 15) is 0 Å². The first-order valence-electron chi connectivity index (χ1n) is 4.90. The molecule has 1 heterocycles. The van der Waals surface area contributed by atoms with Crippen LogP contribution in [0.5, 0.6) is 0 Å². The number of nitrogen functional groups attached to an aromatic ring is 1. The van der Waals surface area contributed by atoms with Crippen molar-refractivity contribution in [3.05, 3.63) is 30.1 Å². The number of nitrogens with one attached hydrogen (secondary N) is 1. The Morgan fingerprint density at radius 3 is 2.80 bits per heavy atom. The fourth-order valence-electron chi connectivity index (χ4n) is 1.61. The molecule has 0 aliphatic carbocycles. The number of benzene rings is 1. The highest BCUT2D eigenvalue weighted by Crippen LogP contribution is 2.18. The van der Waals surface area contributed by atoms with E-state index in [0.29, 0.717) is 6.04 Å². The molecule has 4 nitrogen and oxygen atoms in total. The number of nitrogens with two attached hydrogens (primary N) is 1. The van der Waals surface area contributed by atoms with E-state index in [1.807, 2.05) is 24.5 Å². The molecule has 0 aliphatic heterocycles. The van der Waals surface area contributed by atoms with Gasteiger partial charge in [0.25, 0.3) is 0 Å². The van der Waals surface area contributed by atoms with Crippen molar-refractivity contribution < 1.29 is 0 Å². The lowest BCUT2D eigenvalue weighted by Crippen LogP contribution is -2.11. The lowest BCUT2D eigenvalue weighted by Gasteiger charge is -2.08. The van der Waals surface area contributed by atoms with E-state index in [1.165, 1.54) is 0 Å². The van der Waals surface area contributed by atoms with Gasteiger partial charge < -0.3 is 10.3 Å². The average Bonchev–Trinajstić information content (AvgIpc) is 2.59. The van der Waals surface area contributed by atoms with Crippen LogP contribution in [0.4, 0.5) is 0 Å². The minimum Gasteiger partial charge on any atom is -0.384 e. The summed E-state index contributed by atoms with van der Waals surface area (Å²) in [5.41, 5.74) is 8.16. The van der Waals surface area contributed by atoms with Crippen LogP contribution in [0.2, 0.25) is 0 Å². The predicted octanol–water partition coefficient (Wildman–Crippen LogP) is 1.90. The molecule has 0 saturated heterocycles. The molecule has 4 heteroatoms. The Labute approximate surface area is 88.2 Å². The summed E-state index contributed by atoms with van der Waals surface area (Å²) in [5, 5.41) is 7.39. The molecule has 0 radical (unpaired) electrons. The number of hydrogen-bond donors (Lipinski definition) is 2. The fraction of sp³-hybridized carbons (Fsp3) is 0.273. The highest BCUT2D eigenvalue weighted by Gasteiger charge is 2.06. The van der Waals surface area contributed by atoms with Crippen molar-refractivity contribution >= 4 is 16.9 Å². The quantitative estimate of drug-likeness (QED) is 0.577. The van der Waals surface area contributed by atoms with Gasteiger partial charge in [-0.15, -0.1) is 0 Å². The summed E-state index contributed by atoms with van der Waals surface area (Å²) >= 11 is 0. The van der Waals surface area contributed by atoms with Crippen molar-refractivity contribution in [3.63, 3.8) is 0 Å². The van der Waals surface area contributed by atoms with E-state index < -0.39 is 0 Å². The molecule has 0 amide bonds. The second kappa shape index (κ2) is 3.38. The zero-order chi connectivity index (χ0) is 11.0. The molecule has 78 valence electrons. The lowest BCUT2D eigenvalue weighted by molar-refractivity contribution is 0.617. The highest BCUT2D eigenvalue weighted by molar-refractivity contribution is 5.98. The maximum atomic E-state index is 7.39. The number of fused-ring (bicyclic) bond motifs is 1. The van der Waals surface area contributed by atoms with Crippen LogP contribution in [-0.4, -0.2) is 15.4 Å². The number of hydrogen-bond acceptors (Lipinski definition) is 2. The molecule has 2 aromatic rings. The lowest BCUT2D eigenvalue weighted by atomic mass is 10.2. The van der Waals surface area contributed by atoms with Crippen molar-refractivity contribution in [1.29, 1.82) is 5.41 Å². The van der Waals surface area contributed by atoms with E-state index in [4.69, 9.17) is 11.1 Å². The Bertz CT molecular complexity index is 510. The van der Waals surface area contributed by atoms with Crippen LogP contribution < -0.4 is 5.73 Å². The zero-order valence-electron chi connectivity index (χ0n) is 8.86. The van der Waals surface area contributed by atoms with Crippen LogP contribution in [-0.2, 0) is 0 Å². The number of imidazole rings is 1. The van der Waals surface area contributed by atoms with Crippen LogP contribution in [0.25, 0.3) is 11.0 Å². The zero-order valence-corrected chi connectivity index (χ0v) is 8.86. The first-order chi connectivity index (χ1) is 7.09. The largest absolute Gasteiger partial charge is 0.384 e. The van der Waals surface area contributed by atoms with E-state index in [-0.39, 0.29) is 5.84 Å². The summed E-state index contributed by atoms with van der Waals surface area (Å²) in [6, 6.07) is 5.98. The third-order valence-corrected chi connectivity index (χ3v) is 2.44. The monoisotopic (exact) mass is 202 g/mol. The molecule has 0 bridgehead atoms. The fourth-order valence-corrected chi connectivity index (χ4v) is 1.61. The molecule has 1 aromatic carbocycles. The first-order valence-corrected chi connectivity index (χ1v) is 4.90. The summed E-state index contributed by atoms with van der Waals surface area (Å²) in [5.74, 6) is 0.0911. The van der Waals surface area contributed by atoms with Crippen LogP contribution in [0.1, 0.15) is 25.5 Å². The molecule has 0 fully saturated rings. The standard InChI is InChI=1S/C11H14N4/c1-7(2)15-6-14-9-4-3-8(11(12)13)5-10(9)15/h3-7H,1-2H3,(H3,12,13). The maximum absolute atomic E-state index is 7.39. The minimum atomic E-state index is 0.0911. The van der Waals surface area contributed by atoms with Gasteiger partial charge in [0.1, 0.15) is 5.84 Å². The summed E-state index contributed by atoms with van der Waals surface area (Å²) in [7, 11) is 0. The molecule has 15 heavy (non-hydrogen) atoms. The topological polar surface area (TPSA) is 67.7 Å². The van der Waals surface area contributed by atoms with Crippen molar-refractivity contribution in [2.24, 2.45) is 5.73 Å². The van der Waals surface area contributed by atoms with Gasteiger partial charge in [0.15, 0.2) is 0 Å². The first kappa shape index (κ1) is 9.71. The van der Waals surface area contributed by atoms with Gasteiger partial charge in [0.05, 0.1) is 17.4 Å². The van der Waals surface area contributed by atoms with Gasteiger partial charge in [-0.25, -0.2) is 4.98 Å². The van der Waals surface area contributed by atoms with Crippen LogP contribution in [0.3, 0.4) is 0 Å². The van der Waals surface area contributed by atoms with E-state index in [2.05, 4.69) is 23.4 Å². The summed E-state index contributed by atoms with van der Waals surface area (Å²) in [6.07, 6.45) is 1.82. The normalized spacial score (nSPS) is 11.1. The van der Waals surface area contributed by atoms with E-state index in [0.717, 1.165) is 16.6 Å². The summed E-state index contributed by atoms with van der Waals surface area (Å²) in [4.78, 5) is 4.29. The molecule has 0 saturated carbocycles. The molecule has 0 spiro atoms. The third-order valence-electron chi connectivity index (χ3n) is 2.44. The number of aromatic nitrogens is 2. The van der Waals surface area contributed by atoms with Gasteiger partial charge in [-0.2, -0.15) is 0 Å². The summed E-state index contributed by atoms with van der Waals surface area (Å²) < 4.78 is 2.07. The molecule has 3 N–H and O–H groups in total. The van der Waals surface area contributed by atoms with Gasteiger partial charge in [0, 0.05) is 11.6 Å². The average molecular weight is 202 g/mol. The third kappa shape index (κ3) is 1.58. The van der Waals surface area contributed by atoms with Gasteiger partial charge in [0.2, 0.25) is 0 Å². The second-order valence-electron chi connectivity index (χ2n) is 3.86. The number of rotatable bonds is 2. The summed E-state index contributed by atoms with van der Waals surface area (Å²) in [6.45, 7) is 4.20. The Balaban J connectivity index is 2.66. The van der Waals surface area contributed by atoms with Crippen molar-refractivity contribution in [2.75, 3.05) is 0 Å². The van der Waals surface area contributed by atoms with E-state index >= 15 is 0 Å². The van der Waals surface area contributed by atoms with Crippen LogP contribution >= 0.6 is 0 Å². The Hall–Kier alpha value is -1.84. The highest BCUT2D eigenvalue weighted by atomic mass is 15.1. The molecule has 2 rings (SSSR count). The number of nitrogens with zero attached hydrogens (tertiary/aromatic N) is 2. The van der Waals surface area contributed by atoms with Gasteiger partial charge in [-0.3, -0.25) is 5.41 Å². The van der Waals surface area contributed by atoms with Crippen LogP contribution in [0.15, 0.2) is 24.5 Å². The second-order valence-corrected chi connectivity index (χ2v) is 3.86. The van der Waals surface area contributed by atoms with Crippen LogP contribution in [0, 0.1) is 5.41 Å². The minimum absolute atomic E-state index is 0.0911. The molecular formula is C11H14N4. The van der Waals surface area contributed by atoms with Gasteiger partial charge in [-0.05, 0) is 32.0 Å². The van der Waals surface area contributed by atoms with Crippen molar-refractivity contribution in [3.8, 4) is 0 Å². The molecule has 0 atom stereocenters. The SMILES string of the molecule is CC(C)n1cnc2ccc(C(=N)N)cc21. The Kier molecular flexibility index (Phi) is 2.19. The molecular weight excluding hydrogens is 188 g/mol. The van der Waals surface area contributed by atoms with Gasteiger partial charge in [-0.1, -0.05) is 0 Å². The van der Waals surface area contributed by atoms with Crippen molar-refractivity contribution in [2.45, 2.75) is 19.9 Å².